The Balaban J connectivity index is 2.00. The van der Waals surface area contributed by atoms with Crippen LogP contribution in [0.15, 0.2) is 47.4 Å². The second kappa shape index (κ2) is 7.38. The standard InChI is InChI=1S/C16H15ClO3S/c1-19-12-5-8-16(14(17)9-12)20-10-15(18)11-3-6-13(21-2)7-4-11/h3-9H,10H2,1-2H3. The normalized spacial score (nSPS) is 10.2. The third kappa shape index (κ3) is 4.16. The second-order valence-corrected chi connectivity index (χ2v) is 5.52. The molecule has 2 aromatic carbocycles. The van der Waals surface area contributed by atoms with Crippen LogP contribution >= 0.6 is 23.4 Å². The molecule has 0 spiro atoms. The van der Waals surface area contributed by atoms with Gasteiger partial charge in [-0.2, -0.15) is 0 Å². The van der Waals surface area contributed by atoms with Crippen LogP contribution in [0.1, 0.15) is 10.4 Å². The number of halogens is 1. The quantitative estimate of drug-likeness (QED) is 0.585. The summed E-state index contributed by atoms with van der Waals surface area (Å²) in [5, 5.41) is 0.417. The molecule has 0 aromatic heterocycles. The van der Waals surface area contributed by atoms with Gasteiger partial charge in [0.25, 0.3) is 0 Å². The van der Waals surface area contributed by atoms with E-state index < -0.39 is 0 Å². The van der Waals surface area contributed by atoms with E-state index in [0.717, 1.165) is 4.90 Å². The van der Waals surface area contributed by atoms with E-state index in [0.29, 0.717) is 22.1 Å². The third-order valence-corrected chi connectivity index (χ3v) is 3.95. The van der Waals surface area contributed by atoms with E-state index in [1.807, 2.05) is 18.4 Å². The molecule has 110 valence electrons. The average molecular weight is 323 g/mol. The molecule has 0 fully saturated rings. The molecule has 3 nitrogen and oxygen atoms in total. The molecular weight excluding hydrogens is 308 g/mol. The number of carbonyl (C=O) groups excluding carboxylic acids is 1. The van der Waals surface area contributed by atoms with Crippen molar-refractivity contribution in [3.05, 3.63) is 53.1 Å². The number of ketones is 1. The summed E-state index contributed by atoms with van der Waals surface area (Å²) in [4.78, 5) is 13.2. The molecular formula is C16H15ClO3S. The minimum atomic E-state index is -0.0884. The maximum Gasteiger partial charge on any atom is 0.200 e. The molecule has 0 amide bonds. The lowest BCUT2D eigenvalue weighted by atomic mass is 10.1. The van der Waals surface area contributed by atoms with Crippen molar-refractivity contribution < 1.29 is 14.3 Å². The summed E-state index contributed by atoms with van der Waals surface area (Å²) in [7, 11) is 1.56. The zero-order valence-electron chi connectivity index (χ0n) is 11.8. The van der Waals surface area contributed by atoms with Crippen LogP contribution in [0.4, 0.5) is 0 Å². The predicted octanol–water partition coefficient (Wildman–Crippen LogP) is 4.33. The molecule has 0 radical (unpaired) electrons. The van der Waals surface area contributed by atoms with Gasteiger partial charge in [-0.1, -0.05) is 23.7 Å². The van der Waals surface area contributed by atoms with E-state index in [1.165, 1.54) is 0 Å². The first-order chi connectivity index (χ1) is 10.1. The second-order valence-electron chi connectivity index (χ2n) is 4.24. The molecule has 0 heterocycles. The minimum absolute atomic E-state index is 0.0509. The minimum Gasteiger partial charge on any atom is -0.497 e. The first-order valence-corrected chi connectivity index (χ1v) is 7.88. The van der Waals surface area contributed by atoms with Gasteiger partial charge in [0.05, 0.1) is 12.1 Å². The fraction of sp³-hybridized carbons (Fsp3) is 0.188. The van der Waals surface area contributed by atoms with Crippen LogP contribution in [0.25, 0.3) is 0 Å². The van der Waals surface area contributed by atoms with Gasteiger partial charge < -0.3 is 9.47 Å². The van der Waals surface area contributed by atoms with E-state index in [4.69, 9.17) is 21.1 Å². The zero-order chi connectivity index (χ0) is 15.2. The summed E-state index contributed by atoms with van der Waals surface area (Å²) in [6.07, 6.45) is 1.99. The molecule has 2 rings (SSSR count). The number of rotatable bonds is 6. The number of ether oxygens (including phenoxy) is 2. The highest BCUT2D eigenvalue weighted by molar-refractivity contribution is 7.98. The molecule has 0 aliphatic carbocycles. The van der Waals surface area contributed by atoms with Crippen molar-refractivity contribution in [1.82, 2.24) is 0 Å². The van der Waals surface area contributed by atoms with E-state index >= 15 is 0 Å². The third-order valence-electron chi connectivity index (χ3n) is 2.91. The number of methoxy groups -OCH3 is 1. The molecule has 0 bridgehead atoms. The molecule has 5 heteroatoms. The van der Waals surface area contributed by atoms with Crippen molar-refractivity contribution >= 4 is 29.1 Å². The maximum absolute atomic E-state index is 12.1. The molecule has 0 saturated heterocycles. The molecule has 0 aliphatic rings. The van der Waals surface area contributed by atoms with E-state index in [9.17, 15) is 4.79 Å². The number of carbonyl (C=O) groups is 1. The van der Waals surface area contributed by atoms with Gasteiger partial charge in [0.2, 0.25) is 0 Å². The first kappa shape index (κ1) is 15.7. The highest BCUT2D eigenvalue weighted by Gasteiger charge is 2.09. The van der Waals surface area contributed by atoms with E-state index in [-0.39, 0.29) is 12.4 Å². The summed E-state index contributed by atoms with van der Waals surface area (Å²) in [6, 6.07) is 12.5. The summed E-state index contributed by atoms with van der Waals surface area (Å²) in [5.41, 5.74) is 0.623. The highest BCUT2D eigenvalue weighted by Crippen LogP contribution is 2.28. The SMILES string of the molecule is COc1ccc(OCC(=O)c2ccc(SC)cc2)c(Cl)c1. The van der Waals surface area contributed by atoms with Crippen molar-refractivity contribution in [1.29, 1.82) is 0 Å². The summed E-state index contributed by atoms with van der Waals surface area (Å²) < 4.78 is 10.5. The first-order valence-electron chi connectivity index (χ1n) is 6.27. The number of hydrogen-bond donors (Lipinski definition) is 0. The Morgan fingerprint density at radius 3 is 2.48 bits per heavy atom. The van der Waals surface area contributed by atoms with Gasteiger partial charge in [0.1, 0.15) is 11.5 Å². The van der Waals surface area contributed by atoms with Crippen molar-refractivity contribution in [3.8, 4) is 11.5 Å². The van der Waals surface area contributed by atoms with Gasteiger partial charge in [-0.25, -0.2) is 0 Å². The van der Waals surface area contributed by atoms with Gasteiger partial charge in [0.15, 0.2) is 12.4 Å². The molecule has 0 aliphatic heterocycles. The molecule has 0 N–H and O–H groups in total. The highest BCUT2D eigenvalue weighted by atomic mass is 35.5. The monoisotopic (exact) mass is 322 g/mol. The lowest BCUT2D eigenvalue weighted by Gasteiger charge is -2.09. The van der Waals surface area contributed by atoms with Gasteiger partial charge in [-0.15, -0.1) is 11.8 Å². The van der Waals surface area contributed by atoms with E-state index in [2.05, 4.69) is 0 Å². The van der Waals surface area contributed by atoms with Crippen LogP contribution in [0, 0.1) is 0 Å². The van der Waals surface area contributed by atoms with Crippen LogP contribution in [0.5, 0.6) is 11.5 Å². The average Bonchev–Trinajstić information content (AvgIpc) is 2.53. The van der Waals surface area contributed by atoms with Crippen molar-refractivity contribution in [3.63, 3.8) is 0 Å². The Morgan fingerprint density at radius 2 is 1.90 bits per heavy atom. The van der Waals surface area contributed by atoms with E-state index in [1.54, 1.807) is 49.2 Å². The van der Waals surface area contributed by atoms with Gasteiger partial charge in [-0.3, -0.25) is 4.79 Å². The number of hydrogen-bond acceptors (Lipinski definition) is 4. The molecule has 21 heavy (non-hydrogen) atoms. The van der Waals surface area contributed by atoms with Gasteiger partial charge in [0, 0.05) is 16.5 Å². The molecule has 0 saturated carbocycles. The summed E-state index contributed by atoms with van der Waals surface area (Å²) in [5.74, 6) is 1.02. The molecule has 0 atom stereocenters. The lowest BCUT2D eigenvalue weighted by molar-refractivity contribution is 0.0921. The number of thioether (sulfide) groups is 1. The van der Waals surface area contributed by atoms with Crippen molar-refractivity contribution in [2.45, 2.75) is 4.90 Å². The molecule has 2 aromatic rings. The number of Topliss-reactive ketones (excluding diaryl/α,β-unsaturated/α-hetero) is 1. The van der Waals surface area contributed by atoms with Crippen molar-refractivity contribution in [2.75, 3.05) is 20.0 Å². The van der Waals surface area contributed by atoms with Crippen molar-refractivity contribution in [2.24, 2.45) is 0 Å². The van der Waals surface area contributed by atoms with Gasteiger partial charge in [-0.05, 0) is 30.5 Å². The van der Waals surface area contributed by atoms with Crippen LogP contribution in [0.3, 0.4) is 0 Å². The Morgan fingerprint density at radius 1 is 1.19 bits per heavy atom. The smallest absolute Gasteiger partial charge is 0.200 e. The number of benzene rings is 2. The fourth-order valence-corrected chi connectivity index (χ4v) is 2.36. The van der Waals surface area contributed by atoms with Crippen LogP contribution in [0.2, 0.25) is 5.02 Å². The Hall–Kier alpha value is -1.65. The largest absolute Gasteiger partial charge is 0.497 e. The Labute approximate surface area is 133 Å². The van der Waals surface area contributed by atoms with Crippen LogP contribution in [-0.4, -0.2) is 25.8 Å². The maximum atomic E-state index is 12.1. The Bertz CT molecular complexity index is 626. The zero-order valence-corrected chi connectivity index (χ0v) is 13.3. The Kier molecular flexibility index (Phi) is 5.53. The van der Waals surface area contributed by atoms with Crippen LogP contribution in [-0.2, 0) is 0 Å². The predicted molar refractivity (Wildman–Crippen MR) is 86.1 cm³/mol. The summed E-state index contributed by atoms with van der Waals surface area (Å²) in [6.45, 7) is -0.0509. The molecule has 0 unspecified atom stereocenters. The van der Waals surface area contributed by atoms with Crippen LogP contribution < -0.4 is 9.47 Å². The summed E-state index contributed by atoms with van der Waals surface area (Å²) >= 11 is 7.69. The van der Waals surface area contributed by atoms with Gasteiger partial charge >= 0.3 is 0 Å². The lowest BCUT2D eigenvalue weighted by Crippen LogP contribution is -2.11. The topological polar surface area (TPSA) is 35.5 Å². The fourth-order valence-electron chi connectivity index (χ4n) is 1.73.